The van der Waals surface area contributed by atoms with Crippen LogP contribution in [0.1, 0.15) is 58.3 Å². The van der Waals surface area contributed by atoms with Crippen LogP contribution < -0.4 is 5.73 Å². The van der Waals surface area contributed by atoms with E-state index in [4.69, 9.17) is 5.73 Å². The maximum absolute atomic E-state index is 6.18. The van der Waals surface area contributed by atoms with Gasteiger partial charge in [0, 0.05) is 18.1 Å². The fourth-order valence-electron chi connectivity index (χ4n) is 3.21. The topological polar surface area (TPSA) is 29.3 Å². The second-order valence-corrected chi connectivity index (χ2v) is 6.92. The van der Waals surface area contributed by atoms with Gasteiger partial charge in [-0.05, 0) is 45.2 Å². The van der Waals surface area contributed by atoms with Crippen LogP contribution in [0, 0.1) is 0 Å². The van der Waals surface area contributed by atoms with Crippen LogP contribution in [0.4, 0.5) is 0 Å². The molecule has 0 aliphatic heterocycles. The van der Waals surface area contributed by atoms with Crippen LogP contribution in [0.5, 0.6) is 0 Å². The Morgan fingerprint density at radius 3 is 2.22 bits per heavy atom. The SMILES string of the molecule is CSCCC(C)N(C)C1(CN)CCCCCCC1. The molecule has 1 rings (SSSR count). The van der Waals surface area contributed by atoms with Gasteiger partial charge >= 0.3 is 0 Å². The van der Waals surface area contributed by atoms with Gasteiger partial charge in [0.25, 0.3) is 0 Å². The zero-order valence-electron chi connectivity index (χ0n) is 12.6. The number of rotatable bonds is 6. The largest absolute Gasteiger partial charge is 0.329 e. The zero-order chi connectivity index (χ0) is 13.4. The first-order valence-electron chi connectivity index (χ1n) is 7.58. The number of nitrogens with zero attached hydrogens (tertiary/aromatic N) is 1. The molecular formula is C15H32N2S. The summed E-state index contributed by atoms with van der Waals surface area (Å²) in [5, 5.41) is 0. The van der Waals surface area contributed by atoms with Gasteiger partial charge in [-0.3, -0.25) is 4.90 Å². The highest BCUT2D eigenvalue weighted by atomic mass is 32.2. The third-order valence-electron chi connectivity index (χ3n) is 4.81. The lowest BCUT2D eigenvalue weighted by Gasteiger charge is -2.46. The van der Waals surface area contributed by atoms with Crippen LogP contribution in [-0.4, -0.2) is 42.1 Å². The maximum atomic E-state index is 6.18. The van der Waals surface area contributed by atoms with E-state index in [2.05, 4.69) is 25.1 Å². The molecule has 1 atom stereocenters. The summed E-state index contributed by atoms with van der Waals surface area (Å²) in [5.74, 6) is 1.26. The Kier molecular flexibility index (Phi) is 7.66. The molecule has 0 aromatic heterocycles. The number of nitrogens with two attached hydrogens (primary N) is 1. The highest BCUT2D eigenvalue weighted by molar-refractivity contribution is 7.98. The van der Waals surface area contributed by atoms with Gasteiger partial charge in [0.2, 0.25) is 0 Å². The summed E-state index contributed by atoms with van der Waals surface area (Å²) in [6, 6.07) is 0.653. The number of hydrogen-bond donors (Lipinski definition) is 1. The van der Waals surface area contributed by atoms with Crippen LogP contribution in [0.2, 0.25) is 0 Å². The molecule has 1 aliphatic rings. The fraction of sp³-hybridized carbons (Fsp3) is 1.00. The van der Waals surface area contributed by atoms with E-state index < -0.39 is 0 Å². The van der Waals surface area contributed by atoms with Gasteiger partial charge in [0.1, 0.15) is 0 Å². The summed E-state index contributed by atoms with van der Waals surface area (Å²) in [6.07, 6.45) is 13.0. The predicted molar refractivity (Wildman–Crippen MR) is 84.3 cm³/mol. The van der Waals surface area contributed by atoms with Crippen molar-refractivity contribution in [1.29, 1.82) is 0 Å². The molecule has 0 radical (unpaired) electrons. The minimum Gasteiger partial charge on any atom is -0.329 e. The monoisotopic (exact) mass is 272 g/mol. The van der Waals surface area contributed by atoms with Gasteiger partial charge in [-0.15, -0.1) is 0 Å². The van der Waals surface area contributed by atoms with E-state index in [1.54, 1.807) is 0 Å². The third kappa shape index (κ3) is 4.43. The lowest BCUT2D eigenvalue weighted by atomic mass is 9.82. The van der Waals surface area contributed by atoms with Gasteiger partial charge in [0.15, 0.2) is 0 Å². The number of likely N-dealkylation sites (N-methyl/N-ethyl adjacent to an activating group) is 1. The Hall–Kier alpha value is 0.270. The molecule has 1 unspecified atom stereocenters. The quantitative estimate of drug-likeness (QED) is 0.802. The summed E-state index contributed by atoms with van der Waals surface area (Å²) in [4.78, 5) is 2.61. The summed E-state index contributed by atoms with van der Waals surface area (Å²) < 4.78 is 0. The van der Waals surface area contributed by atoms with Crippen molar-refractivity contribution in [3.05, 3.63) is 0 Å². The van der Waals surface area contributed by atoms with Gasteiger partial charge in [-0.25, -0.2) is 0 Å². The number of hydrogen-bond acceptors (Lipinski definition) is 3. The molecule has 2 nitrogen and oxygen atoms in total. The lowest BCUT2D eigenvalue weighted by molar-refractivity contribution is 0.0578. The normalized spacial score (nSPS) is 22.5. The molecule has 0 aromatic carbocycles. The van der Waals surface area contributed by atoms with E-state index in [9.17, 15) is 0 Å². The molecule has 0 saturated heterocycles. The Labute approximate surface area is 118 Å². The predicted octanol–water partition coefficient (Wildman–Crippen LogP) is 3.50. The first-order chi connectivity index (χ1) is 8.66. The van der Waals surface area contributed by atoms with Crippen LogP contribution in [0.3, 0.4) is 0 Å². The molecule has 1 aliphatic carbocycles. The Bertz CT molecular complexity index is 213. The molecule has 0 heterocycles. The standard InChI is InChI=1S/C15H32N2S/c1-14(9-12-18-3)17(2)15(13-16)10-7-5-4-6-8-11-15/h14H,4-13,16H2,1-3H3. The molecule has 3 heteroatoms. The molecule has 0 bridgehead atoms. The Morgan fingerprint density at radius 2 is 1.72 bits per heavy atom. The first kappa shape index (κ1) is 16.3. The summed E-state index contributed by atoms with van der Waals surface area (Å²) in [5.41, 5.74) is 6.46. The van der Waals surface area contributed by atoms with E-state index in [1.807, 2.05) is 11.8 Å². The highest BCUT2D eigenvalue weighted by Gasteiger charge is 2.35. The van der Waals surface area contributed by atoms with Crippen molar-refractivity contribution in [2.24, 2.45) is 5.73 Å². The minimum absolute atomic E-state index is 0.276. The molecular weight excluding hydrogens is 240 g/mol. The number of thioether (sulfide) groups is 1. The molecule has 108 valence electrons. The average Bonchev–Trinajstić information content (AvgIpc) is 2.36. The second kappa shape index (κ2) is 8.44. The van der Waals surface area contributed by atoms with E-state index in [0.29, 0.717) is 6.04 Å². The van der Waals surface area contributed by atoms with Gasteiger partial charge < -0.3 is 5.73 Å². The molecule has 0 amide bonds. The first-order valence-corrected chi connectivity index (χ1v) is 8.97. The highest BCUT2D eigenvalue weighted by Crippen LogP contribution is 2.32. The summed E-state index contributed by atoms with van der Waals surface area (Å²) >= 11 is 1.95. The summed E-state index contributed by atoms with van der Waals surface area (Å²) in [6.45, 7) is 3.19. The van der Waals surface area contributed by atoms with Crippen molar-refractivity contribution in [3.63, 3.8) is 0 Å². The lowest BCUT2D eigenvalue weighted by Crippen LogP contribution is -2.55. The molecule has 0 spiro atoms. The van der Waals surface area contributed by atoms with Crippen molar-refractivity contribution < 1.29 is 0 Å². The third-order valence-corrected chi connectivity index (χ3v) is 5.46. The minimum atomic E-state index is 0.276. The van der Waals surface area contributed by atoms with Crippen LogP contribution in [-0.2, 0) is 0 Å². The molecule has 1 fully saturated rings. The Morgan fingerprint density at radius 1 is 1.17 bits per heavy atom. The van der Waals surface area contributed by atoms with E-state index in [-0.39, 0.29) is 5.54 Å². The summed E-state index contributed by atoms with van der Waals surface area (Å²) in [7, 11) is 2.31. The average molecular weight is 273 g/mol. The smallest absolute Gasteiger partial charge is 0.0331 e. The van der Waals surface area contributed by atoms with Crippen molar-refractivity contribution in [1.82, 2.24) is 4.90 Å². The fourth-order valence-corrected chi connectivity index (χ4v) is 3.79. The van der Waals surface area contributed by atoms with Gasteiger partial charge in [-0.1, -0.05) is 32.1 Å². The molecule has 2 N–H and O–H groups in total. The zero-order valence-corrected chi connectivity index (χ0v) is 13.4. The van der Waals surface area contributed by atoms with Gasteiger partial charge in [0.05, 0.1) is 0 Å². The molecule has 1 saturated carbocycles. The van der Waals surface area contributed by atoms with Crippen molar-refractivity contribution in [2.75, 3.05) is 25.6 Å². The molecule has 18 heavy (non-hydrogen) atoms. The Balaban J connectivity index is 2.64. The van der Waals surface area contributed by atoms with Crippen LogP contribution in [0.25, 0.3) is 0 Å². The van der Waals surface area contributed by atoms with Crippen molar-refractivity contribution >= 4 is 11.8 Å². The van der Waals surface area contributed by atoms with Crippen molar-refractivity contribution in [2.45, 2.75) is 69.9 Å². The van der Waals surface area contributed by atoms with E-state index in [0.717, 1.165) is 6.54 Å². The van der Waals surface area contributed by atoms with Crippen LogP contribution >= 0.6 is 11.8 Å². The van der Waals surface area contributed by atoms with Crippen molar-refractivity contribution in [3.8, 4) is 0 Å². The second-order valence-electron chi connectivity index (χ2n) is 5.94. The van der Waals surface area contributed by atoms with Crippen LogP contribution in [0.15, 0.2) is 0 Å². The van der Waals surface area contributed by atoms with E-state index in [1.165, 1.54) is 57.1 Å². The molecule has 0 aromatic rings. The van der Waals surface area contributed by atoms with Gasteiger partial charge in [-0.2, -0.15) is 11.8 Å². The maximum Gasteiger partial charge on any atom is 0.0331 e. The van der Waals surface area contributed by atoms with E-state index >= 15 is 0 Å².